The first-order valence-corrected chi connectivity index (χ1v) is 7.47. The van der Waals surface area contributed by atoms with Crippen LogP contribution in [0.5, 0.6) is 0 Å². The summed E-state index contributed by atoms with van der Waals surface area (Å²) < 4.78 is 0. The number of aryl methyl sites for hydroxylation is 1. The highest BCUT2D eigenvalue weighted by molar-refractivity contribution is 6.05. The second kappa shape index (κ2) is 5.76. The molecule has 0 aromatic heterocycles. The van der Waals surface area contributed by atoms with Gasteiger partial charge in [0.15, 0.2) is 0 Å². The third-order valence-electron chi connectivity index (χ3n) is 4.61. The molecule has 0 aliphatic heterocycles. The Balaban J connectivity index is 2.61. The number of hydrogen-bond acceptors (Lipinski definition) is 4. The number of hydrogen-bond donors (Lipinski definition) is 1. The molecule has 1 aromatic rings. The Morgan fingerprint density at radius 1 is 1.14 bits per heavy atom. The predicted molar refractivity (Wildman–Crippen MR) is 82.5 cm³/mol. The summed E-state index contributed by atoms with van der Waals surface area (Å²) in [5.41, 5.74) is 0.375. The highest BCUT2D eigenvalue weighted by Crippen LogP contribution is 2.46. The van der Waals surface area contributed by atoms with Crippen LogP contribution in [0.25, 0.3) is 0 Å². The van der Waals surface area contributed by atoms with Gasteiger partial charge in [-0.25, -0.2) is 0 Å². The van der Waals surface area contributed by atoms with Crippen molar-refractivity contribution in [3.8, 4) is 0 Å². The van der Waals surface area contributed by atoms with E-state index in [2.05, 4.69) is 0 Å². The van der Waals surface area contributed by atoms with Crippen molar-refractivity contribution in [1.29, 1.82) is 0 Å². The van der Waals surface area contributed by atoms with Gasteiger partial charge in [-0.1, -0.05) is 29.8 Å². The maximum atomic E-state index is 12.4. The zero-order chi connectivity index (χ0) is 16.7. The molecular weight excluding hydrogens is 280 g/mol. The van der Waals surface area contributed by atoms with Crippen molar-refractivity contribution in [2.24, 2.45) is 11.8 Å². The summed E-state index contributed by atoms with van der Waals surface area (Å²) in [6.45, 7) is 6.24. The summed E-state index contributed by atoms with van der Waals surface area (Å²) in [6.07, 6.45) is -0.163. The van der Waals surface area contributed by atoms with Crippen LogP contribution in [-0.2, 0) is 14.4 Å². The van der Waals surface area contributed by atoms with Crippen LogP contribution in [0.15, 0.2) is 24.3 Å². The summed E-state index contributed by atoms with van der Waals surface area (Å²) in [5.74, 6) is -2.97. The van der Waals surface area contributed by atoms with Crippen molar-refractivity contribution in [3.63, 3.8) is 0 Å². The lowest BCUT2D eigenvalue weighted by Gasteiger charge is -2.44. The van der Waals surface area contributed by atoms with Gasteiger partial charge < -0.3 is 5.11 Å². The maximum Gasteiger partial charge on any atom is 0.146 e. The molecule has 0 amide bonds. The van der Waals surface area contributed by atoms with Gasteiger partial charge in [-0.15, -0.1) is 0 Å². The minimum absolute atomic E-state index is 0.163. The minimum Gasteiger partial charge on any atom is -0.389 e. The molecule has 4 nitrogen and oxygen atoms in total. The van der Waals surface area contributed by atoms with Gasteiger partial charge in [0.2, 0.25) is 0 Å². The number of Topliss-reactive ketones (excluding diaryl/α,β-unsaturated/α-hetero) is 3. The van der Waals surface area contributed by atoms with E-state index in [1.54, 1.807) is 0 Å². The van der Waals surface area contributed by atoms with Gasteiger partial charge in [-0.2, -0.15) is 0 Å². The van der Waals surface area contributed by atoms with Crippen LogP contribution in [0.3, 0.4) is 0 Å². The Labute approximate surface area is 130 Å². The molecule has 0 bridgehead atoms. The first-order valence-electron chi connectivity index (χ1n) is 7.47. The Bertz CT molecular complexity index is 612. The first-order chi connectivity index (χ1) is 10.1. The molecule has 22 heavy (non-hydrogen) atoms. The number of ketones is 3. The molecule has 0 heterocycles. The summed E-state index contributed by atoms with van der Waals surface area (Å²) in [5, 5.41) is 10.6. The Hall–Kier alpha value is -1.81. The van der Waals surface area contributed by atoms with Crippen LogP contribution >= 0.6 is 0 Å². The molecule has 118 valence electrons. The molecule has 0 unspecified atom stereocenters. The van der Waals surface area contributed by atoms with Gasteiger partial charge in [0, 0.05) is 12.3 Å². The van der Waals surface area contributed by atoms with Crippen molar-refractivity contribution < 1.29 is 19.5 Å². The second-order valence-corrected chi connectivity index (χ2v) is 6.61. The molecule has 0 spiro atoms. The van der Waals surface area contributed by atoms with Crippen molar-refractivity contribution in [2.75, 3.05) is 0 Å². The van der Waals surface area contributed by atoms with Crippen LogP contribution in [0.1, 0.15) is 44.2 Å². The van der Waals surface area contributed by atoms with Crippen LogP contribution in [0.2, 0.25) is 0 Å². The largest absolute Gasteiger partial charge is 0.389 e. The summed E-state index contributed by atoms with van der Waals surface area (Å²) in [6, 6.07) is 7.44. The van der Waals surface area contributed by atoms with E-state index in [1.807, 2.05) is 31.2 Å². The highest BCUT2D eigenvalue weighted by atomic mass is 16.3. The van der Waals surface area contributed by atoms with Gasteiger partial charge in [0.1, 0.15) is 17.3 Å². The Morgan fingerprint density at radius 3 is 2.14 bits per heavy atom. The average molecular weight is 302 g/mol. The van der Waals surface area contributed by atoms with E-state index in [-0.39, 0.29) is 23.8 Å². The quantitative estimate of drug-likeness (QED) is 0.869. The van der Waals surface area contributed by atoms with Crippen LogP contribution < -0.4 is 0 Å². The molecule has 1 aliphatic carbocycles. The average Bonchev–Trinajstić information content (AvgIpc) is 2.36. The molecule has 0 radical (unpaired) electrons. The Morgan fingerprint density at radius 2 is 1.68 bits per heavy atom. The lowest BCUT2D eigenvalue weighted by molar-refractivity contribution is -0.151. The number of carbonyl (C=O) groups excluding carboxylic acids is 3. The fraction of sp³-hybridized carbons (Fsp3) is 0.500. The molecule has 1 aliphatic rings. The zero-order valence-electron chi connectivity index (χ0n) is 13.4. The normalized spacial score (nSPS) is 31.9. The number of aliphatic hydroxyl groups is 1. The third-order valence-corrected chi connectivity index (χ3v) is 4.61. The van der Waals surface area contributed by atoms with E-state index in [0.717, 1.165) is 11.1 Å². The molecule has 0 saturated heterocycles. The fourth-order valence-corrected chi connectivity index (χ4v) is 3.70. The topological polar surface area (TPSA) is 71.4 Å². The van der Waals surface area contributed by atoms with Crippen molar-refractivity contribution in [2.45, 2.75) is 45.6 Å². The monoisotopic (exact) mass is 302 g/mol. The number of rotatable bonds is 3. The van der Waals surface area contributed by atoms with Crippen LogP contribution in [0, 0.1) is 18.8 Å². The fourth-order valence-electron chi connectivity index (χ4n) is 3.70. The molecule has 2 rings (SSSR count). The lowest BCUT2D eigenvalue weighted by Crippen LogP contribution is -2.53. The van der Waals surface area contributed by atoms with E-state index < -0.39 is 23.4 Å². The van der Waals surface area contributed by atoms with Gasteiger partial charge >= 0.3 is 0 Å². The summed E-state index contributed by atoms with van der Waals surface area (Å²) >= 11 is 0. The Kier molecular flexibility index (Phi) is 4.34. The zero-order valence-corrected chi connectivity index (χ0v) is 13.4. The molecule has 1 fully saturated rings. The highest BCUT2D eigenvalue weighted by Gasteiger charge is 2.53. The lowest BCUT2D eigenvalue weighted by atomic mass is 9.60. The van der Waals surface area contributed by atoms with Gasteiger partial charge in [0.25, 0.3) is 0 Å². The number of benzene rings is 1. The smallest absolute Gasteiger partial charge is 0.146 e. The van der Waals surface area contributed by atoms with Gasteiger partial charge in [-0.3, -0.25) is 14.4 Å². The van der Waals surface area contributed by atoms with Crippen molar-refractivity contribution in [1.82, 2.24) is 0 Å². The molecule has 1 saturated carbocycles. The summed E-state index contributed by atoms with van der Waals surface area (Å²) in [7, 11) is 0. The van der Waals surface area contributed by atoms with Crippen molar-refractivity contribution in [3.05, 3.63) is 35.4 Å². The molecule has 1 N–H and O–H groups in total. The predicted octanol–water partition coefficient (Wildman–Crippen LogP) is 2.21. The first kappa shape index (κ1) is 16.6. The van der Waals surface area contributed by atoms with Crippen molar-refractivity contribution >= 4 is 17.3 Å². The minimum atomic E-state index is -1.43. The van der Waals surface area contributed by atoms with E-state index in [0.29, 0.717) is 0 Å². The molecule has 4 atom stereocenters. The van der Waals surface area contributed by atoms with E-state index in [1.165, 1.54) is 20.8 Å². The third kappa shape index (κ3) is 2.88. The van der Waals surface area contributed by atoms with E-state index >= 15 is 0 Å². The van der Waals surface area contributed by atoms with Crippen LogP contribution in [0.4, 0.5) is 0 Å². The summed E-state index contributed by atoms with van der Waals surface area (Å²) in [4.78, 5) is 36.6. The molecular formula is C18H22O4. The second-order valence-electron chi connectivity index (χ2n) is 6.61. The van der Waals surface area contributed by atoms with Gasteiger partial charge in [-0.05, 0) is 33.3 Å². The number of carbonyl (C=O) groups is 3. The van der Waals surface area contributed by atoms with E-state index in [9.17, 15) is 19.5 Å². The van der Waals surface area contributed by atoms with E-state index in [4.69, 9.17) is 0 Å². The molecule has 4 heteroatoms. The maximum absolute atomic E-state index is 12.4. The molecule has 1 aromatic carbocycles. The SMILES string of the molecule is CC(=O)[C@@H]1C(=O)C[C@@](C)(O)[C@H](C(C)=O)[C@@H]1c1ccc(C)cc1. The standard InChI is InChI=1S/C18H22O4/c1-10-5-7-13(8-6-10)16-15(11(2)19)14(21)9-18(4,22)17(16)12(3)20/h5-8,15-17,22H,9H2,1-4H3/t15-,16-,17-,18-/m1/s1. The van der Waals surface area contributed by atoms with Gasteiger partial charge in [0.05, 0.1) is 17.4 Å². The van der Waals surface area contributed by atoms with Crippen LogP contribution in [-0.4, -0.2) is 28.1 Å².